The van der Waals surface area contributed by atoms with E-state index in [1.165, 1.54) is 0 Å². The molecule has 0 heterocycles. The predicted molar refractivity (Wildman–Crippen MR) is 59.7 cm³/mol. The van der Waals surface area contributed by atoms with Gasteiger partial charge in [0.15, 0.2) is 0 Å². The molecule has 2 aromatic rings. The smallest absolute Gasteiger partial charge is 0.192 e. The van der Waals surface area contributed by atoms with E-state index in [2.05, 4.69) is 12.1 Å². The van der Waals surface area contributed by atoms with Crippen LogP contribution in [0.25, 0.3) is 0 Å². The number of hydrogen-bond donors (Lipinski definition) is 0. The lowest BCUT2D eigenvalue weighted by Crippen LogP contribution is -3.62. The highest BCUT2D eigenvalue weighted by molar-refractivity contribution is 5.29. The molecule has 0 atom stereocenters. The van der Waals surface area contributed by atoms with E-state index in [4.69, 9.17) is 10.5 Å². The van der Waals surface area contributed by atoms with Crippen LogP contribution >= 0.6 is 0 Å². The van der Waals surface area contributed by atoms with Crippen molar-refractivity contribution in [3.63, 3.8) is 0 Å². The minimum Gasteiger partial charge on any atom is -0.192 e. The summed E-state index contributed by atoms with van der Waals surface area (Å²) in [6.07, 6.45) is 0. The first-order valence-corrected chi connectivity index (χ1v) is 7.14. The van der Waals surface area contributed by atoms with Gasteiger partial charge in [-0.3, -0.25) is 0 Å². The molecule has 2 aromatic carbocycles. The van der Waals surface area contributed by atoms with Crippen LogP contribution in [0.4, 0.5) is 0 Å². The SMILES string of the molecule is N#Cc1ccccc1[I+]c1ccccc1C#N. The lowest BCUT2D eigenvalue weighted by atomic mass is 10.2. The predicted octanol–water partition coefficient (Wildman–Crippen LogP) is -0.442. The molecule has 0 bridgehead atoms. The van der Waals surface area contributed by atoms with Crippen LogP contribution in [-0.4, -0.2) is 0 Å². The molecule has 0 fully saturated rings. The molecular formula is C14H8IN2+. The Labute approximate surface area is 110 Å². The number of nitriles is 2. The maximum Gasteiger partial charge on any atom is 0.360 e. The summed E-state index contributed by atoms with van der Waals surface area (Å²) in [5, 5.41) is 18.1. The molecule has 0 radical (unpaired) electrons. The molecule has 0 aromatic heterocycles. The van der Waals surface area contributed by atoms with Gasteiger partial charge in [-0.05, 0) is 24.3 Å². The van der Waals surface area contributed by atoms with Gasteiger partial charge in [0.25, 0.3) is 0 Å². The zero-order valence-electron chi connectivity index (χ0n) is 8.89. The van der Waals surface area contributed by atoms with Gasteiger partial charge in [0.1, 0.15) is 23.3 Å². The second-order valence-corrected chi connectivity index (χ2v) is 6.14. The number of hydrogen-bond acceptors (Lipinski definition) is 2. The summed E-state index contributed by atoms with van der Waals surface area (Å²) in [6.45, 7) is 0. The minimum absolute atomic E-state index is 0.472. The van der Waals surface area contributed by atoms with Crippen molar-refractivity contribution in [3.8, 4) is 12.1 Å². The molecule has 0 amide bonds. The molecule has 0 aliphatic carbocycles. The Morgan fingerprint density at radius 3 is 1.53 bits per heavy atom. The fourth-order valence-corrected chi connectivity index (χ4v) is 3.96. The van der Waals surface area contributed by atoms with Crippen LogP contribution in [-0.2, 0) is 0 Å². The molecule has 17 heavy (non-hydrogen) atoms. The van der Waals surface area contributed by atoms with Crippen LogP contribution in [0.15, 0.2) is 48.5 Å². The minimum atomic E-state index is -0.472. The Morgan fingerprint density at radius 2 is 1.12 bits per heavy atom. The maximum atomic E-state index is 9.03. The molecule has 0 unspecified atom stereocenters. The third-order valence-electron chi connectivity index (χ3n) is 2.19. The van der Waals surface area contributed by atoms with Crippen molar-refractivity contribution < 1.29 is 21.2 Å². The van der Waals surface area contributed by atoms with E-state index >= 15 is 0 Å². The van der Waals surface area contributed by atoms with Gasteiger partial charge in [0.2, 0.25) is 7.14 Å². The van der Waals surface area contributed by atoms with Crippen LogP contribution in [0.5, 0.6) is 0 Å². The third kappa shape index (κ3) is 2.64. The van der Waals surface area contributed by atoms with Crippen molar-refractivity contribution in [2.75, 3.05) is 0 Å². The molecule has 0 spiro atoms. The molecule has 0 N–H and O–H groups in total. The van der Waals surface area contributed by atoms with Gasteiger partial charge in [-0.1, -0.05) is 24.3 Å². The number of nitrogens with zero attached hydrogens (tertiary/aromatic N) is 2. The standard InChI is InChI=1S/C14H8IN2/c16-9-11-5-1-3-7-13(11)15-14-8-4-2-6-12(14)10-17/h1-8H/q+1. The van der Waals surface area contributed by atoms with E-state index < -0.39 is 21.2 Å². The zero-order valence-corrected chi connectivity index (χ0v) is 11.0. The first-order chi connectivity index (χ1) is 8.35. The quantitative estimate of drug-likeness (QED) is 0.701. The lowest BCUT2D eigenvalue weighted by molar-refractivity contribution is -0.598. The average molecular weight is 331 g/mol. The maximum absolute atomic E-state index is 9.03. The molecule has 3 heteroatoms. The van der Waals surface area contributed by atoms with E-state index in [9.17, 15) is 0 Å². The van der Waals surface area contributed by atoms with Crippen LogP contribution < -0.4 is 21.2 Å². The summed E-state index contributed by atoms with van der Waals surface area (Å²) in [6, 6.07) is 19.6. The summed E-state index contributed by atoms with van der Waals surface area (Å²) in [5.41, 5.74) is 1.43. The largest absolute Gasteiger partial charge is 0.360 e. The van der Waals surface area contributed by atoms with Crippen LogP contribution in [0.2, 0.25) is 0 Å². The first kappa shape index (κ1) is 11.6. The highest BCUT2D eigenvalue weighted by atomic mass is 127. The Morgan fingerprint density at radius 1 is 0.706 bits per heavy atom. The monoisotopic (exact) mass is 331 g/mol. The molecular weight excluding hydrogens is 323 g/mol. The fraction of sp³-hybridized carbons (Fsp3) is 0. The van der Waals surface area contributed by atoms with Crippen molar-refractivity contribution in [2.45, 2.75) is 0 Å². The number of halogens is 1. The van der Waals surface area contributed by atoms with Gasteiger partial charge in [0, 0.05) is 0 Å². The summed E-state index contributed by atoms with van der Waals surface area (Å²) in [5.74, 6) is 0. The molecule has 0 saturated carbocycles. The van der Waals surface area contributed by atoms with Crippen LogP contribution in [0.1, 0.15) is 11.1 Å². The van der Waals surface area contributed by atoms with Gasteiger partial charge in [-0.2, -0.15) is 10.5 Å². The van der Waals surface area contributed by atoms with Crippen molar-refractivity contribution in [1.82, 2.24) is 0 Å². The summed E-state index contributed by atoms with van der Waals surface area (Å²) in [4.78, 5) is 0. The van der Waals surface area contributed by atoms with Gasteiger partial charge >= 0.3 is 21.2 Å². The van der Waals surface area contributed by atoms with Crippen molar-refractivity contribution >= 4 is 0 Å². The highest BCUT2D eigenvalue weighted by Gasteiger charge is 2.22. The van der Waals surface area contributed by atoms with Crippen LogP contribution in [0, 0.1) is 29.8 Å². The van der Waals surface area contributed by atoms with E-state index in [1.807, 2.05) is 48.5 Å². The van der Waals surface area contributed by atoms with E-state index in [0.717, 1.165) is 7.14 Å². The lowest BCUT2D eigenvalue weighted by Gasteiger charge is -1.91. The summed E-state index contributed by atoms with van der Waals surface area (Å²) in [7, 11) is 0. The van der Waals surface area contributed by atoms with Crippen molar-refractivity contribution in [1.29, 1.82) is 10.5 Å². The van der Waals surface area contributed by atoms with Gasteiger partial charge < -0.3 is 0 Å². The Hall–Kier alpha value is -1.85. The molecule has 0 aliphatic heterocycles. The third-order valence-corrected chi connectivity index (χ3v) is 5.24. The molecule has 2 rings (SSSR count). The van der Waals surface area contributed by atoms with E-state index in [1.54, 1.807) is 0 Å². The van der Waals surface area contributed by atoms with Gasteiger partial charge in [-0.25, -0.2) is 0 Å². The number of rotatable bonds is 2. The summed E-state index contributed by atoms with van der Waals surface area (Å²) >= 11 is -0.472. The Kier molecular flexibility index (Phi) is 3.74. The number of benzene rings is 2. The molecule has 0 saturated heterocycles. The first-order valence-electron chi connectivity index (χ1n) is 4.98. The molecule has 80 valence electrons. The second kappa shape index (κ2) is 5.47. The normalized spacial score (nSPS) is 9.29. The van der Waals surface area contributed by atoms with Crippen molar-refractivity contribution in [2.24, 2.45) is 0 Å². The molecule has 0 aliphatic rings. The molecule has 2 nitrogen and oxygen atoms in total. The zero-order chi connectivity index (χ0) is 12.1. The van der Waals surface area contributed by atoms with E-state index in [0.29, 0.717) is 11.1 Å². The topological polar surface area (TPSA) is 47.6 Å². The Balaban J connectivity index is 2.40. The van der Waals surface area contributed by atoms with Crippen molar-refractivity contribution in [3.05, 3.63) is 66.8 Å². The Bertz CT molecular complexity index is 565. The highest BCUT2D eigenvalue weighted by Crippen LogP contribution is 1.98. The van der Waals surface area contributed by atoms with E-state index in [-0.39, 0.29) is 0 Å². The van der Waals surface area contributed by atoms with Gasteiger partial charge in [0.05, 0.1) is 0 Å². The van der Waals surface area contributed by atoms with Crippen LogP contribution in [0.3, 0.4) is 0 Å². The summed E-state index contributed by atoms with van der Waals surface area (Å²) < 4.78 is 2.13. The van der Waals surface area contributed by atoms with Gasteiger partial charge in [-0.15, -0.1) is 0 Å². The fourth-order valence-electron chi connectivity index (χ4n) is 1.38. The second-order valence-electron chi connectivity index (χ2n) is 3.28. The average Bonchev–Trinajstić information content (AvgIpc) is 2.40.